The summed E-state index contributed by atoms with van der Waals surface area (Å²) in [7, 11) is 0. The molecule has 0 unspecified atom stereocenters. The van der Waals surface area contributed by atoms with Gasteiger partial charge in [-0.3, -0.25) is 14.4 Å². The molecule has 4 rings (SSSR count). The van der Waals surface area contributed by atoms with Crippen molar-refractivity contribution in [3.8, 4) is 10.6 Å². The fraction of sp³-hybridized carbons (Fsp3) is 0.190. The van der Waals surface area contributed by atoms with Crippen LogP contribution in [0.25, 0.3) is 21.5 Å². The van der Waals surface area contributed by atoms with E-state index in [1.54, 1.807) is 30.3 Å². The largest absolute Gasteiger partial charge is 0.451 e. The summed E-state index contributed by atoms with van der Waals surface area (Å²) in [5.41, 5.74) is 1.29. The number of amides is 1. The van der Waals surface area contributed by atoms with E-state index >= 15 is 0 Å². The van der Waals surface area contributed by atoms with E-state index in [2.05, 4.69) is 15.4 Å². The summed E-state index contributed by atoms with van der Waals surface area (Å²) in [5.74, 6) is -0.612. The zero-order chi connectivity index (χ0) is 21.3. The van der Waals surface area contributed by atoms with E-state index in [4.69, 9.17) is 4.42 Å². The number of benzene rings is 1. The molecule has 0 saturated heterocycles. The van der Waals surface area contributed by atoms with Crippen LogP contribution < -0.4 is 16.3 Å². The highest BCUT2D eigenvalue weighted by atomic mass is 32.1. The predicted octanol–water partition coefficient (Wildman–Crippen LogP) is 2.52. The van der Waals surface area contributed by atoms with Crippen LogP contribution >= 0.6 is 11.3 Å². The molecule has 1 aromatic carbocycles. The SMILES string of the molecule is Cc1nc(C)c(-c2ccc(=O)n(CCNC(=O)c3cc(=O)c4ccccc4o3)n2)s1. The molecule has 1 N–H and O–H groups in total. The number of para-hydroxylation sites is 1. The molecule has 30 heavy (non-hydrogen) atoms. The van der Waals surface area contributed by atoms with Crippen molar-refractivity contribution in [1.29, 1.82) is 0 Å². The lowest BCUT2D eigenvalue weighted by Gasteiger charge is -2.08. The maximum atomic E-state index is 12.4. The predicted molar refractivity (Wildman–Crippen MR) is 114 cm³/mol. The normalized spacial score (nSPS) is 11.0. The highest BCUT2D eigenvalue weighted by Gasteiger charge is 2.13. The van der Waals surface area contributed by atoms with Gasteiger partial charge in [0.2, 0.25) is 0 Å². The molecule has 0 aliphatic rings. The minimum absolute atomic E-state index is 0.0801. The quantitative estimate of drug-likeness (QED) is 0.530. The lowest BCUT2D eigenvalue weighted by Crippen LogP contribution is -2.32. The van der Waals surface area contributed by atoms with Gasteiger partial charge in [-0.05, 0) is 32.0 Å². The van der Waals surface area contributed by atoms with Crippen molar-refractivity contribution in [2.24, 2.45) is 0 Å². The fourth-order valence-corrected chi connectivity index (χ4v) is 3.96. The van der Waals surface area contributed by atoms with Gasteiger partial charge in [0.1, 0.15) is 11.3 Å². The Hall–Kier alpha value is -3.59. The highest BCUT2D eigenvalue weighted by Crippen LogP contribution is 2.27. The third-order valence-electron chi connectivity index (χ3n) is 4.47. The molecule has 0 radical (unpaired) electrons. The zero-order valence-corrected chi connectivity index (χ0v) is 17.2. The number of thiazole rings is 1. The second-order valence-corrected chi connectivity index (χ2v) is 7.86. The van der Waals surface area contributed by atoms with E-state index in [1.165, 1.54) is 22.1 Å². The van der Waals surface area contributed by atoms with Gasteiger partial charge in [-0.15, -0.1) is 11.3 Å². The Kier molecular flexibility index (Phi) is 5.28. The number of rotatable bonds is 5. The van der Waals surface area contributed by atoms with Gasteiger partial charge in [-0.25, -0.2) is 9.67 Å². The van der Waals surface area contributed by atoms with E-state index in [1.807, 2.05) is 13.8 Å². The Bertz CT molecular complexity index is 1370. The first-order valence-electron chi connectivity index (χ1n) is 9.26. The molecular formula is C21H18N4O4S. The summed E-state index contributed by atoms with van der Waals surface area (Å²) in [6.07, 6.45) is 0. The van der Waals surface area contributed by atoms with Gasteiger partial charge in [0, 0.05) is 18.7 Å². The van der Waals surface area contributed by atoms with Gasteiger partial charge >= 0.3 is 0 Å². The van der Waals surface area contributed by atoms with E-state index in [-0.39, 0.29) is 29.8 Å². The molecule has 152 valence electrons. The van der Waals surface area contributed by atoms with Crippen LogP contribution in [0.5, 0.6) is 0 Å². The molecule has 3 aromatic heterocycles. The van der Waals surface area contributed by atoms with Crippen molar-refractivity contribution in [3.05, 3.63) is 79.5 Å². The number of carbonyl (C=O) groups is 1. The van der Waals surface area contributed by atoms with Crippen LogP contribution in [0.3, 0.4) is 0 Å². The average molecular weight is 422 g/mol. The molecule has 0 saturated carbocycles. The zero-order valence-electron chi connectivity index (χ0n) is 16.3. The van der Waals surface area contributed by atoms with Gasteiger partial charge in [-0.2, -0.15) is 5.10 Å². The second kappa shape index (κ2) is 8.03. The van der Waals surface area contributed by atoms with E-state index < -0.39 is 5.91 Å². The third-order valence-corrected chi connectivity index (χ3v) is 5.57. The molecule has 0 spiro atoms. The first kappa shape index (κ1) is 19.7. The van der Waals surface area contributed by atoms with Crippen LogP contribution in [0, 0.1) is 13.8 Å². The summed E-state index contributed by atoms with van der Waals surface area (Å²) in [6, 6.07) is 11.0. The number of carbonyl (C=O) groups excluding carboxylic acids is 1. The molecule has 0 atom stereocenters. The smallest absolute Gasteiger partial charge is 0.287 e. The van der Waals surface area contributed by atoms with E-state index in [0.717, 1.165) is 21.6 Å². The standard InChI is InChI=1S/C21H18N4O4S/c1-12-20(30-13(2)23-12)15-7-8-19(27)25(24-15)10-9-22-21(28)18-11-16(26)14-5-3-4-6-17(14)29-18/h3-8,11H,9-10H2,1-2H3,(H,22,28). The van der Waals surface area contributed by atoms with Crippen LogP contribution in [0.2, 0.25) is 0 Å². The number of nitrogens with one attached hydrogen (secondary N) is 1. The molecule has 9 heteroatoms. The second-order valence-electron chi connectivity index (χ2n) is 6.65. The number of aryl methyl sites for hydroxylation is 2. The average Bonchev–Trinajstić information content (AvgIpc) is 3.07. The number of nitrogens with zero attached hydrogens (tertiary/aromatic N) is 3. The van der Waals surface area contributed by atoms with Crippen LogP contribution in [0.1, 0.15) is 21.3 Å². The van der Waals surface area contributed by atoms with Crippen molar-refractivity contribution in [2.45, 2.75) is 20.4 Å². The van der Waals surface area contributed by atoms with Gasteiger partial charge < -0.3 is 9.73 Å². The van der Waals surface area contributed by atoms with Gasteiger partial charge in [0.15, 0.2) is 11.2 Å². The molecule has 4 aromatic rings. The van der Waals surface area contributed by atoms with Crippen molar-refractivity contribution >= 4 is 28.2 Å². The molecule has 0 bridgehead atoms. The van der Waals surface area contributed by atoms with Crippen molar-refractivity contribution < 1.29 is 9.21 Å². The molecule has 0 aliphatic carbocycles. The molecule has 3 heterocycles. The minimum atomic E-state index is -0.531. The minimum Gasteiger partial charge on any atom is -0.451 e. The first-order valence-corrected chi connectivity index (χ1v) is 10.1. The molecular weight excluding hydrogens is 404 g/mol. The van der Waals surface area contributed by atoms with Crippen LogP contribution in [0.4, 0.5) is 0 Å². The molecule has 1 amide bonds. The molecule has 0 fully saturated rings. The van der Waals surface area contributed by atoms with E-state index in [9.17, 15) is 14.4 Å². The van der Waals surface area contributed by atoms with Gasteiger partial charge in [-0.1, -0.05) is 12.1 Å². The fourth-order valence-electron chi connectivity index (χ4n) is 3.08. The summed E-state index contributed by atoms with van der Waals surface area (Å²) in [5, 5.41) is 8.39. The summed E-state index contributed by atoms with van der Waals surface area (Å²) < 4.78 is 6.81. The topological polar surface area (TPSA) is 107 Å². The monoisotopic (exact) mass is 422 g/mol. The maximum Gasteiger partial charge on any atom is 0.287 e. The van der Waals surface area contributed by atoms with Crippen LogP contribution in [0.15, 0.2) is 56.5 Å². The Labute approximate surface area is 174 Å². The Morgan fingerprint density at radius 3 is 2.73 bits per heavy atom. The Morgan fingerprint density at radius 1 is 1.17 bits per heavy atom. The van der Waals surface area contributed by atoms with Crippen LogP contribution in [-0.2, 0) is 6.54 Å². The number of hydrogen-bond donors (Lipinski definition) is 1. The number of hydrogen-bond acceptors (Lipinski definition) is 7. The van der Waals surface area contributed by atoms with Gasteiger partial charge in [0.25, 0.3) is 11.5 Å². The van der Waals surface area contributed by atoms with Crippen molar-refractivity contribution in [2.75, 3.05) is 6.54 Å². The lowest BCUT2D eigenvalue weighted by molar-refractivity contribution is 0.0924. The Morgan fingerprint density at radius 2 is 1.97 bits per heavy atom. The third kappa shape index (κ3) is 3.92. The maximum absolute atomic E-state index is 12.4. The molecule has 8 nitrogen and oxygen atoms in total. The Balaban J connectivity index is 1.48. The first-order chi connectivity index (χ1) is 14.4. The van der Waals surface area contributed by atoms with Crippen LogP contribution in [-0.4, -0.2) is 27.2 Å². The summed E-state index contributed by atoms with van der Waals surface area (Å²) in [6.45, 7) is 4.13. The number of aromatic nitrogens is 3. The summed E-state index contributed by atoms with van der Waals surface area (Å²) >= 11 is 1.51. The lowest BCUT2D eigenvalue weighted by atomic mass is 10.2. The highest BCUT2D eigenvalue weighted by molar-refractivity contribution is 7.15. The summed E-state index contributed by atoms with van der Waals surface area (Å²) in [4.78, 5) is 42.0. The van der Waals surface area contributed by atoms with E-state index in [0.29, 0.717) is 16.7 Å². The molecule has 0 aliphatic heterocycles. The number of fused-ring (bicyclic) bond motifs is 1. The van der Waals surface area contributed by atoms with Crippen molar-refractivity contribution in [3.63, 3.8) is 0 Å². The van der Waals surface area contributed by atoms with Crippen molar-refractivity contribution in [1.82, 2.24) is 20.1 Å². The van der Waals surface area contributed by atoms with Gasteiger partial charge in [0.05, 0.1) is 27.5 Å².